The van der Waals surface area contributed by atoms with E-state index in [1.807, 2.05) is 31.2 Å². The maximum atomic E-state index is 12.8. The fourth-order valence-electron chi connectivity index (χ4n) is 3.73. The lowest BCUT2D eigenvalue weighted by Crippen LogP contribution is -2.50. The molecule has 2 aromatic rings. The SMILES string of the molecule is COc1ccccc1C(C)NC(=O)CCC(=O)N1CCN(S(=O)(=O)c2ccc(Cl)cc2)CC1. The Morgan fingerprint density at radius 2 is 1.67 bits per heavy atom. The maximum Gasteiger partial charge on any atom is 0.243 e. The van der Waals surface area contributed by atoms with Gasteiger partial charge in [0.2, 0.25) is 21.8 Å². The molecule has 1 N–H and O–H groups in total. The second-order valence-corrected chi connectivity index (χ2v) is 10.1. The third-order valence-corrected chi connectivity index (χ3v) is 7.76. The Balaban J connectivity index is 1.47. The number of carbonyl (C=O) groups excluding carboxylic acids is 2. The van der Waals surface area contributed by atoms with Gasteiger partial charge in [0, 0.05) is 49.6 Å². The summed E-state index contributed by atoms with van der Waals surface area (Å²) in [4.78, 5) is 26.7. The zero-order chi connectivity index (χ0) is 24.0. The van der Waals surface area contributed by atoms with Crippen LogP contribution in [0.15, 0.2) is 53.4 Å². The van der Waals surface area contributed by atoms with Gasteiger partial charge in [0.1, 0.15) is 5.75 Å². The van der Waals surface area contributed by atoms with Gasteiger partial charge in [-0.05, 0) is 37.3 Å². The van der Waals surface area contributed by atoms with Gasteiger partial charge in [-0.15, -0.1) is 0 Å². The minimum atomic E-state index is -3.64. The number of hydrogen-bond donors (Lipinski definition) is 1. The minimum absolute atomic E-state index is 0.0572. The minimum Gasteiger partial charge on any atom is -0.496 e. The number of carbonyl (C=O) groups is 2. The van der Waals surface area contributed by atoms with Crippen molar-refractivity contribution in [2.24, 2.45) is 0 Å². The first-order chi connectivity index (χ1) is 15.7. The van der Waals surface area contributed by atoms with Crippen LogP contribution in [-0.2, 0) is 19.6 Å². The van der Waals surface area contributed by atoms with Crippen LogP contribution < -0.4 is 10.1 Å². The summed E-state index contributed by atoms with van der Waals surface area (Å²) >= 11 is 5.84. The van der Waals surface area contributed by atoms with Crippen LogP contribution in [-0.4, -0.2) is 62.7 Å². The van der Waals surface area contributed by atoms with E-state index in [-0.39, 0.29) is 61.8 Å². The predicted octanol–water partition coefficient (Wildman–Crippen LogP) is 2.84. The number of para-hydroxylation sites is 1. The van der Waals surface area contributed by atoms with Crippen molar-refractivity contribution >= 4 is 33.4 Å². The molecule has 0 radical (unpaired) electrons. The van der Waals surface area contributed by atoms with Gasteiger partial charge in [0.25, 0.3) is 0 Å². The van der Waals surface area contributed by atoms with Gasteiger partial charge in [0.05, 0.1) is 18.0 Å². The van der Waals surface area contributed by atoms with Crippen molar-refractivity contribution in [2.45, 2.75) is 30.7 Å². The quantitative estimate of drug-likeness (QED) is 0.610. The molecule has 1 heterocycles. The zero-order valence-corrected chi connectivity index (χ0v) is 20.2. The molecule has 178 valence electrons. The Morgan fingerprint density at radius 1 is 1.03 bits per heavy atom. The lowest BCUT2D eigenvalue weighted by molar-refractivity contribution is -0.134. The zero-order valence-electron chi connectivity index (χ0n) is 18.7. The molecule has 10 heteroatoms. The first kappa shape index (κ1) is 25.0. The van der Waals surface area contributed by atoms with E-state index in [0.29, 0.717) is 10.8 Å². The van der Waals surface area contributed by atoms with Crippen LogP contribution in [0.25, 0.3) is 0 Å². The summed E-state index contributed by atoms with van der Waals surface area (Å²) in [6.45, 7) is 2.83. The average Bonchev–Trinajstić information content (AvgIpc) is 2.82. The summed E-state index contributed by atoms with van der Waals surface area (Å²) in [5.74, 6) is 0.289. The molecular formula is C23H28ClN3O5S. The molecule has 2 aromatic carbocycles. The number of nitrogens with zero attached hydrogens (tertiary/aromatic N) is 2. The van der Waals surface area contributed by atoms with E-state index in [4.69, 9.17) is 16.3 Å². The fraction of sp³-hybridized carbons (Fsp3) is 0.391. The number of amides is 2. The molecule has 1 unspecified atom stereocenters. The van der Waals surface area contributed by atoms with E-state index in [1.54, 1.807) is 12.0 Å². The largest absolute Gasteiger partial charge is 0.496 e. The first-order valence-electron chi connectivity index (χ1n) is 10.7. The molecule has 0 saturated carbocycles. The predicted molar refractivity (Wildman–Crippen MR) is 126 cm³/mol. The van der Waals surface area contributed by atoms with Gasteiger partial charge < -0.3 is 15.0 Å². The summed E-state index contributed by atoms with van der Waals surface area (Å²) in [6, 6.07) is 13.2. The van der Waals surface area contributed by atoms with Gasteiger partial charge in [-0.25, -0.2) is 8.42 Å². The van der Waals surface area contributed by atoms with Gasteiger partial charge in [-0.1, -0.05) is 29.8 Å². The Labute approximate surface area is 199 Å². The smallest absolute Gasteiger partial charge is 0.243 e. The summed E-state index contributed by atoms with van der Waals surface area (Å²) in [5, 5.41) is 3.36. The van der Waals surface area contributed by atoms with Crippen LogP contribution in [0.1, 0.15) is 31.4 Å². The molecule has 1 atom stereocenters. The number of sulfonamides is 1. The third kappa shape index (κ3) is 6.25. The second-order valence-electron chi connectivity index (χ2n) is 7.77. The Hall–Kier alpha value is -2.62. The second kappa shape index (κ2) is 11.0. The molecule has 0 bridgehead atoms. The molecule has 1 aliphatic heterocycles. The Bertz CT molecular complexity index is 1080. The van der Waals surface area contributed by atoms with Gasteiger partial charge in [-0.2, -0.15) is 4.31 Å². The van der Waals surface area contributed by atoms with E-state index < -0.39 is 10.0 Å². The van der Waals surface area contributed by atoms with E-state index in [0.717, 1.165) is 5.56 Å². The van der Waals surface area contributed by atoms with E-state index in [1.165, 1.54) is 28.6 Å². The van der Waals surface area contributed by atoms with Gasteiger partial charge in [0.15, 0.2) is 0 Å². The van der Waals surface area contributed by atoms with Gasteiger partial charge in [-0.3, -0.25) is 9.59 Å². The van der Waals surface area contributed by atoms with Crippen molar-refractivity contribution < 1.29 is 22.7 Å². The summed E-state index contributed by atoms with van der Waals surface area (Å²) in [5.41, 5.74) is 0.859. The topological polar surface area (TPSA) is 96.0 Å². The molecule has 1 fully saturated rings. The molecule has 1 saturated heterocycles. The van der Waals surface area contributed by atoms with Crippen LogP contribution in [0.5, 0.6) is 5.75 Å². The number of rotatable bonds is 8. The van der Waals surface area contributed by atoms with Crippen LogP contribution in [0.2, 0.25) is 5.02 Å². The molecule has 1 aliphatic rings. The van der Waals surface area contributed by atoms with Crippen molar-refractivity contribution in [3.63, 3.8) is 0 Å². The van der Waals surface area contributed by atoms with Crippen molar-refractivity contribution in [1.29, 1.82) is 0 Å². The van der Waals surface area contributed by atoms with Crippen LogP contribution in [0.3, 0.4) is 0 Å². The number of piperazine rings is 1. The van der Waals surface area contributed by atoms with Crippen molar-refractivity contribution in [2.75, 3.05) is 33.3 Å². The normalized spacial score (nSPS) is 15.7. The van der Waals surface area contributed by atoms with Crippen molar-refractivity contribution in [3.05, 3.63) is 59.1 Å². The number of methoxy groups -OCH3 is 1. The molecule has 0 aliphatic carbocycles. The highest BCUT2D eigenvalue weighted by Crippen LogP contribution is 2.24. The molecule has 2 amide bonds. The molecule has 33 heavy (non-hydrogen) atoms. The van der Waals surface area contributed by atoms with Crippen LogP contribution >= 0.6 is 11.6 Å². The first-order valence-corrected chi connectivity index (χ1v) is 12.5. The average molecular weight is 494 g/mol. The lowest BCUT2D eigenvalue weighted by Gasteiger charge is -2.34. The van der Waals surface area contributed by atoms with E-state index >= 15 is 0 Å². The third-order valence-electron chi connectivity index (χ3n) is 5.59. The number of hydrogen-bond acceptors (Lipinski definition) is 5. The highest BCUT2D eigenvalue weighted by atomic mass is 35.5. The Kier molecular flexibility index (Phi) is 8.34. The fourth-order valence-corrected chi connectivity index (χ4v) is 5.28. The van der Waals surface area contributed by atoms with E-state index in [2.05, 4.69) is 5.32 Å². The highest BCUT2D eigenvalue weighted by Gasteiger charge is 2.30. The van der Waals surface area contributed by atoms with Crippen molar-refractivity contribution in [1.82, 2.24) is 14.5 Å². The summed E-state index contributed by atoms with van der Waals surface area (Å²) in [6.07, 6.45) is 0.121. The number of nitrogens with one attached hydrogen (secondary N) is 1. The molecule has 0 aromatic heterocycles. The molecule has 8 nitrogen and oxygen atoms in total. The Morgan fingerprint density at radius 3 is 2.30 bits per heavy atom. The van der Waals surface area contributed by atoms with Gasteiger partial charge >= 0.3 is 0 Å². The van der Waals surface area contributed by atoms with E-state index in [9.17, 15) is 18.0 Å². The lowest BCUT2D eigenvalue weighted by atomic mass is 10.1. The maximum absolute atomic E-state index is 12.8. The van der Waals surface area contributed by atoms with Crippen molar-refractivity contribution in [3.8, 4) is 5.75 Å². The highest BCUT2D eigenvalue weighted by molar-refractivity contribution is 7.89. The van der Waals surface area contributed by atoms with Crippen LogP contribution in [0.4, 0.5) is 0 Å². The number of halogens is 1. The molecular weight excluding hydrogens is 466 g/mol. The summed E-state index contributed by atoms with van der Waals surface area (Å²) < 4.78 is 32.2. The monoisotopic (exact) mass is 493 g/mol. The standard InChI is InChI=1S/C23H28ClN3O5S/c1-17(20-5-3-4-6-21(20)32-2)25-22(28)11-12-23(29)26-13-15-27(16-14-26)33(30,31)19-9-7-18(24)8-10-19/h3-10,17H,11-16H2,1-2H3,(H,25,28). The molecule has 3 rings (SSSR count). The number of ether oxygens (including phenoxy) is 1. The summed E-state index contributed by atoms with van der Waals surface area (Å²) in [7, 11) is -2.06. The molecule has 0 spiro atoms. The number of benzene rings is 2. The van der Waals surface area contributed by atoms with Crippen LogP contribution in [0, 0.1) is 0 Å².